The molecule has 0 aliphatic rings. The molecule has 0 unspecified atom stereocenters. The summed E-state index contributed by atoms with van der Waals surface area (Å²) < 4.78 is 0. The summed E-state index contributed by atoms with van der Waals surface area (Å²) in [5, 5.41) is 3.47. The van der Waals surface area contributed by atoms with E-state index in [0.717, 1.165) is 5.70 Å². The molecule has 0 aromatic heterocycles. The fourth-order valence-electron chi connectivity index (χ4n) is 0.694. The van der Waals surface area contributed by atoms with Gasteiger partial charge >= 0.3 is 0 Å². The van der Waals surface area contributed by atoms with Gasteiger partial charge in [-0.05, 0) is 12.3 Å². The lowest BCUT2D eigenvalue weighted by atomic mass is 9.85. The third-order valence-corrected chi connectivity index (χ3v) is 2.60. The predicted octanol–water partition coefficient (Wildman–Crippen LogP) is 3.57. The maximum Gasteiger partial charge on any atom is 0.0278 e. The smallest absolute Gasteiger partial charge is 0.0278 e. The average molecular weight is 183 g/mol. The highest BCUT2D eigenvalue weighted by molar-refractivity contribution is 5.04. The maximum absolute atomic E-state index is 4.07. The van der Waals surface area contributed by atoms with E-state index >= 15 is 0 Å². The topological polar surface area (TPSA) is 12.0 Å². The fraction of sp³-hybridized carbons (Fsp3) is 0.833. The zero-order valence-electron chi connectivity index (χ0n) is 10.3. The molecule has 0 saturated carbocycles. The van der Waals surface area contributed by atoms with Crippen LogP contribution in [0, 0.1) is 10.8 Å². The van der Waals surface area contributed by atoms with Crippen molar-refractivity contribution in [3.05, 3.63) is 12.3 Å². The van der Waals surface area contributed by atoms with Gasteiger partial charge in [0.25, 0.3) is 0 Å². The van der Waals surface area contributed by atoms with Crippen molar-refractivity contribution in [3.8, 4) is 0 Å². The summed E-state index contributed by atoms with van der Waals surface area (Å²) in [5.41, 5.74) is 1.56. The molecule has 0 heterocycles. The summed E-state index contributed by atoms with van der Waals surface area (Å²) in [6, 6.07) is 0.458. The van der Waals surface area contributed by atoms with Crippen molar-refractivity contribution < 1.29 is 0 Å². The van der Waals surface area contributed by atoms with Crippen LogP contribution in [-0.2, 0) is 0 Å². The van der Waals surface area contributed by atoms with Crippen LogP contribution >= 0.6 is 0 Å². The van der Waals surface area contributed by atoms with Crippen molar-refractivity contribution >= 4 is 0 Å². The molecule has 0 aliphatic heterocycles. The maximum atomic E-state index is 4.07. The van der Waals surface area contributed by atoms with Crippen molar-refractivity contribution in [1.82, 2.24) is 5.32 Å². The predicted molar refractivity (Wildman–Crippen MR) is 60.6 cm³/mol. The molecular weight excluding hydrogens is 158 g/mol. The Balaban J connectivity index is 4.24. The molecule has 0 aromatic carbocycles. The van der Waals surface area contributed by atoms with Gasteiger partial charge in [0.1, 0.15) is 0 Å². The lowest BCUT2D eigenvalue weighted by molar-refractivity contribution is 0.284. The second kappa shape index (κ2) is 3.73. The summed E-state index contributed by atoms with van der Waals surface area (Å²) in [6.45, 7) is 19.5. The molecule has 0 aliphatic carbocycles. The molecule has 0 radical (unpaired) electrons. The summed E-state index contributed by atoms with van der Waals surface area (Å²) >= 11 is 0. The first kappa shape index (κ1) is 12.5. The molecule has 0 bridgehead atoms. The molecule has 1 nitrogen and oxygen atoms in total. The first-order valence-electron chi connectivity index (χ1n) is 5.01. The second-order valence-corrected chi connectivity index (χ2v) is 5.96. The lowest BCUT2D eigenvalue weighted by Crippen LogP contribution is -2.39. The SMILES string of the molecule is C=C(N[C@@H](C)C(C)(C)C)C(C)(C)C. The number of rotatable bonds is 2. The van der Waals surface area contributed by atoms with Gasteiger partial charge in [-0.25, -0.2) is 0 Å². The molecule has 1 N–H and O–H groups in total. The van der Waals surface area contributed by atoms with Crippen LogP contribution in [0.15, 0.2) is 12.3 Å². The Morgan fingerprint density at radius 1 is 1.08 bits per heavy atom. The van der Waals surface area contributed by atoms with E-state index in [1.165, 1.54) is 0 Å². The van der Waals surface area contributed by atoms with Crippen LogP contribution in [0.1, 0.15) is 48.5 Å². The van der Waals surface area contributed by atoms with Gasteiger partial charge in [-0.3, -0.25) is 0 Å². The van der Waals surface area contributed by atoms with Gasteiger partial charge in [0.15, 0.2) is 0 Å². The first-order chi connectivity index (χ1) is 5.55. The highest BCUT2D eigenvalue weighted by atomic mass is 14.9. The molecular formula is C12H25N. The minimum absolute atomic E-state index is 0.152. The average Bonchev–Trinajstić information content (AvgIpc) is 1.82. The lowest BCUT2D eigenvalue weighted by Gasteiger charge is -2.33. The Morgan fingerprint density at radius 3 is 1.69 bits per heavy atom. The van der Waals surface area contributed by atoms with E-state index in [2.05, 4.69) is 60.4 Å². The van der Waals surface area contributed by atoms with E-state index in [1.807, 2.05) is 0 Å². The Morgan fingerprint density at radius 2 is 1.46 bits per heavy atom. The first-order valence-corrected chi connectivity index (χ1v) is 5.01. The third-order valence-electron chi connectivity index (χ3n) is 2.60. The van der Waals surface area contributed by atoms with Gasteiger partial charge in [0.2, 0.25) is 0 Å². The quantitative estimate of drug-likeness (QED) is 0.690. The number of allylic oxidation sites excluding steroid dienone is 1. The van der Waals surface area contributed by atoms with Crippen molar-refractivity contribution in [3.63, 3.8) is 0 Å². The monoisotopic (exact) mass is 183 g/mol. The highest BCUT2D eigenvalue weighted by Crippen LogP contribution is 2.25. The Labute approximate surface area is 83.6 Å². The molecule has 13 heavy (non-hydrogen) atoms. The standard InChI is InChI=1S/C12H25N/c1-9(11(3,4)5)13-10(2)12(6,7)8/h10,13H,1H2,2-8H3/t10-/m0/s1. The Bertz CT molecular complexity index is 178. The van der Waals surface area contributed by atoms with Gasteiger partial charge in [-0.1, -0.05) is 48.1 Å². The van der Waals surface area contributed by atoms with E-state index < -0.39 is 0 Å². The minimum atomic E-state index is 0.152. The molecule has 0 aromatic rings. The van der Waals surface area contributed by atoms with Crippen LogP contribution < -0.4 is 5.32 Å². The third kappa shape index (κ3) is 4.35. The van der Waals surface area contributed by atoms with Crippen LogP contribution in [0.4, 0.5) is 0 Å². The van der Waals surface area contributed by atoms with E-state index in [4.69, 9.17) is 0 Å². The van der Waals surface area contributed by atoms with Gasteiger partial charge in [-0.15, -0.1) is 0 Å². The van der Waals surface area contributed by atoms with Crippen LogP contribution in [0.2, 0.25) is 0 Å². The van der Waals surface area contributed by atoms with Crippen LogP contribution in [0.5, 0.6) is 0 Å². The summed E-state index contributed by atoms with van der Waals surface area (Å²) in [7, 11) is 0. The number of hydrogen-bond donors (Lipinski definition) is 1. The Hall–Kier alpha value is -0.460. The van der Waals surface area contributed by atoms with Crippen molar-refractivity contribution in [2.75, 3.05) is 0 Å². The normalized spacial score (nSPS) is 15.3. The molecule has 0 amide bonds. The number of nitrogens with one attached hydrogen (secondary N) is 1. The number of hydrogen-bond acceptors (Lipinski definition) is 1. The van der Waals surface area contributed by atoms with Crippen molar-refractivity contribution in [1.29, 1.82) is 0 Å². The zero-order chi connectivity index (χ0) is 10.9. The summed E-state index contributed by atoms with van der Waals surface area (Å²) in [4.78, 5) is 0. The van der Waals surface area contributed by atoms with Gasteiger partial charge in [-0.2, -0.15) is 0 Å². The van der Waals surface area contributed by atoms with Gasteiger partial charge < -0.3 is 5.32 Å². The van der Waals surface area contributed by atoms with E-state index in [1.54, 1.807) is 0 Å². The van der Waals surface area contributed by atoms with E-state index in [0.29, 0.717) is 6.04 Å². The summed E-state index contributed by atoms with van der Waals surface area (Å²) in [6.07, 6.45) is 0. The van der Waals surface area contributed by atoms with Gasteiger partial charge in [0, 0.05) is 17.2 Å². The van der Waals surface area contributed by atoms with Crippen LogP contribution in [0.3, 0.4) is 0 Å². The summed E-state index contributed by atoms with van der Waals surface area (Å²) in [5.74, 6) is 0. The van der Waals surface area contributed by atoms with Crippen molar-refractivity contribution in [2.45, 2.75) is 54.5 Å². The molecule has 0 spiro atoms. The molecule has 0 saturated heterocycles. The molecule has 1 atom stereocenters. The molecule has 0 fully saturated rings. The van der Waals surface area contributed by atoms with E-state index in [-0.39, 0.29) is 10.8 Å². The minimum Gasteiger partial charge on any atom is -0.385 e. The van der Waals surface area contributed by atoms with Crippen LogP contribution in [0.25, 0.3) is 0 Å². The highest BCUT2D eigenvalue weighted by Gasteiger charge is 2.23. The van der Waals surface area contributed by atoms with Crippen molar-refractivity contribution in [2.24, 2.45) is 10.8 Å². The van der Waals surface area contributed by atoms with Crippen LogP contribution in [-0.4, -0.2) is 6.04 Å². The zero-order valence-corrected chi connectivity index (χ0v) is 10.3. The van der Waals surface area contributed by atoms with Gasteiger partial charge in [0.05, 0.1) is 0 Å². The second-order valence-electron chi connectivity index (χ2n) is 5.96. The molecule has 78 valence electrons. The van der Waals surface area contributed by atoms with E-state index in [9.17, 15) is 0 Å². The molecule has 1 heteroatoms. The largest absolute Gasteiger partial charge is 0.385 e. The fourth-order valence-corrected chi connectivity index (χ4v) is 0.694. The molecule has 0 rings (SSSR count). The Kier molecular flexibility index (Phi) is 3.60.